The molecule has 0 bridgehead atoms. The second-order valence-electron chi connectivity index (χ2n) is 6.48. The van der Waals surface area contributed by atoms with E-state index in [1.807, 2.05) is 0 Å². The van der Waals surface area contributed by atoms with Gasteiger partial charge in [-0.1, -0.05) is 12.1 Å². The van der Waals surface area contributed by atoms with Crippen LogP contribution in [0, 0.1) is 0 Å². The Morgan fingerprint density at radius 1 is 1.10 bits per heavy atom. The highest BCUT2D eigenvalue weighted by molar-refractivity contribution is 7.91. The van der Waals surface area contributed by atoms with Crippen molar-refractivity contribution in [1.82, 2.24) is 5.32 Å². The zero-order valence-corrected chi connectivity index (χ0v) is 16.1. The summed E-state index contributed by atoms with van der Waals surface area (Å²) in [5.74, 6) is -1.28. The van der Waals surface area contributed by atoms with Crippen LogP contribution in [0.1, 0.15) is 16.8 Å². The standard InChI is InChI=1S/C19H19N3O6S/c23-15-7-5-13(6-8-15)21-22-17-4-2-1-3-16(17)19(25)28-11-18(24)20-14-9-10-29(26,27)12-14/h1-8,14,23H,9-12H2,(H,20,24)/t14-/m1/s1. The van der Waals surface area contributed by atoms with Crippen molar-refractivity contribution in [3.8, 4) is 5.75 Å². The molecule has 1 heterocycles. The van der Waals surface area contributed by atoms with E-state index < -0.39 is 34.4 Å². The molecule has 0 aliphatic carbocycles. The number of nitrogens with one attached hydrogen (secondary N) is 1. The topological polar surface area (TPSA) is 134 Å². The lowest BCUT2D eigenvalue weighted by atomic mass is 10.2. The van der Waals surface area contributed by atoms with Crippen molar-refractivity contribution in [3.05, 3.63) is 54.1 Å². The number of benzene rings is 2. The van der Waals surface area contributed by atoms with Gasteiger partial charge >= 0.3 is 5.97 Å². The fourth-order valence-corrected chi connectivity index (χ4v) is 4.42. The van der Waals surface area contributed by atoms with E-state index in [2.05, 4.69) is 15.5 Å². The van der Waals surface area contributed by atoms with E-state index in [1.165, 1.54) is 18.2 Å². The van der Waals surface area contributed by atoms with Crippen LogP contribution in [0.5, 0.6) is 5.75 Å². The molecule has 2 N–H and O–H groups in total. The maximum Gasteiger partial charge on any atom is 0.340 e. The Bertz CT molecular complexity index is 1030. The molecule has 2 aromatic carbocycles. The number of carbonyl (C=O) groups is 2. The molecule has 1 fully saturated rings. The van der Waals surface area contributed by atoms with Crippen molar-refractivity contribution in [2.45, 2.75) is 12.5 Å². The van der Waals surface area contributed by atoms with Crippen LogP contribution in [0.15, 0.2) is 58.8 Å². The lowest BCUT2D eigenvalue weighted by molar-refractivity contribution is -0.124. The molecule has 1 saturated heterocycles. The summed E-state index contributed by atoms with van der Waals surface area (Å²) in [6, 6.07) is 12.0. The molecule has 1 aliphatic rings. The quantitative estimate of drug-likeness (QED) is 0.547. The van der Waals surface area contributed by atoms with Gasteiger partial charge in [0.15, 0.2) is 16.4 Å². The van der Waals surface area contributed by atoms with Crippen LogP contribution in [-0.2, 0) is 19.4 Å². The molecule has 2 aromatic rings. The third-order valence-corrected chi connectivity index (χ3v) is 5.95. The molecule has 0 aromatic heterocycles. The molecular weight excluding hydrogens is 398 g/mol. The Morgan fingerprint density at radius 2 is 1.83 bits per heavy atom. The van der Waals surface area contributed by atoms with Gasteiger partial charge in [0.1, 0.15) is 11.4 Å². The van der Waals surface area contributed by atoms with Crippen molar-refractivity contribution in [1.29, 1.82) is 0 Å². The number of nitrogens with zero attached hydrogens (tertiary/aromatic N) is 2. The van der Waals surface area contributed by atoms with Gasteiger partial charge in [-0.2, -0.15) is 5.11 Å². The number of esters is 1. The number of rotatable bonds is 6. The van der Waals surface area contributed by atoms with E-state index in [4.69, 9.17) is 4.74 Å². The summed E-state index contributed by atoms with van der Waals surface area (Å²) < 4.78 is 27.9. The van der Waals surface area contributed by atoms with Gasteiger partial charge in [0, 0.05) is 6.04 Å². The van der Waals surface area contributed by atoms with Crippen LogP contribution < -0.4 is 5.32 Å². The van der Waals surface area contributed by atoms with Crippen LogP contribution in [0.25, 0.3) is 0 Å². The Morgan fingerprint density at radius 3 is 2.52 bits per heavy atom. The van der Waals surface area contributed by atoms with E-state index in [1.54, 1.807) is 30.3 Å². The fourth-order valence-electron chi connectivity index (χ4n) is 2.75. The Hall–Kier alpha value is -3.27. The smallest absolute Gasteiger partial charge is 0.340 e. The number of carbonyl (C=O) groups excluding carboxylic acids is 2. The SMILES string of the molecule is O=C(COC(=O)c1ccccc1N=Nc1ccc(O)cc1)N[C@@H]1CCS(=O)(=O)C1. The summed E-state index contributed by atoms with van der Waals surface area (Å²) in [7, 11) is -3.11. The average molecular weight is 417 g/mol. The number of azo groups is 1. The van der Waals surface area contributed by atoms with E-state index in [-0.39, 0.29) is 28.5 Å². The lowest BCUT2D eigenvalue weighted by Gasteiger charge is -2.11. The zero-order chi connectivity index (χ0) is 20.9. The molecule has 10 heteroatoms. The summed E-state index contributed by atoms with van der Waals surface area (Å²) in [5, 5.41) is 19.9. The first-order valence-electron chi connectivity index (χ1n) is 8.79. The van der Waals surface area contributed by atoms with Gasteiger partial charge in [-0.15, -0.1) is 5.11 Å². The largest absolute Gasteiger partial charge is 0.508 e. The molecule has 3 rings (SSSR count). The van der Waals surface area contributed by atoms with E-state index >= 15 is 0 Å². The molecule has 1 atom stereocenters. The predicted molar refractivity (Wildman–Crippen MR) is 104 cm³/mol. The number of phenolic OH excluding ortho intramolecular Hbond substituents is 1. The summed E-state index contributed by atoms with van der Waals surface area (Å²) in [4.78, 5) is 24.3. The average Bonchev–Trinajstić information content (AvgIpc) is 3.04. The third kappa shape index (κ3) is 5.85. The maximum absolute atomic E-state index is 12.3. The first kappa shape index (κ1) is 20.5. The van der Waals surface area contributed by atoms with Gasteiger partial charge in [0.05, 0.1) is 22.8 Å². The van der Waals surface area contributed by atoms with Gasteiger partial charge in [-0.05, 0) is 42.8 Å². The second kappa shape index (κ2) is 8.82. The number of sulfone groups is 1. The summed E-state index contributed by atoms with van der Waals surface area (Å²) >= 11 is 0. The molecule has 0 saturated carbocycles. The van der Waals surface area contributed by atoms with Crippen LogP contribution in [0.4, 0.5) is 11.4 Å². The maximum atomic E-state index is 12.3. The van der Waals surface area contributed by atoms with E-state index in [9.17, 15) is 23.1 Å². The Labute approximate surface area is 167 Å². The van der Waals surface area contributed by atoms with Crippen LogP contribution in [0.3, 0.4) is 0 Å². The van der Waals surface area contributed by atoms with Crippen molar-refractivity contribution in [2.75, 3.05) is 18.1 Å². The second-order valence-corrected chi connectivity index (χ2v) is 8.71. The van der Waals surface area contributed by atoms with Crippen LogP contribution in [-0.4, -0.2) is 49.6 Å². The highest BCUT2D eigenvalue weighted by Gasteiger charge is 2.29. The summed E-state index contributed by atoms with van der Waals surface area (Å²) in [6.07, 6.45) is 0.350. The van der Waals surface area contributed by atoms with Crippen molar-refractivity contribution in [2.24, 2.45) is 10.2 Å². The normalized spacial score (nSPS) is 17.9. The third-order valence-electron chi connectivity index (χ3n) is 4.18. The number of aromatic hydroxyl groups is 1. The molecule has 29 heavy (non-hydrogen) atoms. The molecule has 0 unspecified atom stereocenters. The van der Waals surface area contributed by atoms with Gasteiger partial charge in [0.2, 0.25) is 0 Å². The Kier molecular flexibility index (Phi) is 6.23. The highest BCUT2D eigenvalue weighted by Crippen LogP contribution is 2.24. The molecule has 1 amide bonds. The summed E-state index contributed by atoms with van der Waals surface area (Å²) in [6.45, 7) is -0.529. The zero-order valence-electron chi connectivity index (χ0n) is 15.3. The first-order chi connectivity index (χ1) is 13.8. The number of ether oxygens (including phenoxy) is 1. The first-order valence-corrected chi connectivity index (χ1v) is 10.6. The number of amides is 1. The van der Waals surface area contributed by atoms with E-state index in [0.29, 0.717) is 12.1 Å². The number of hydrogen-bond acceptors (Lipinski definition) is 8. The molecule has 9 nitrogen and oxygen atoms in total. The Balaban J connectivity index is 1.59. The minimum Gasteiger partial charge on any atom is -0.508 e. The number of phenols is 1. The molecule has 0 spiro atoms. The monoisotopic (exact) mass is 417 g/mol. The molecule has 1 aliphatic heterocycles. The predicted octanol–water partition coefficient (Wildman–Crippen LogP) is 2.27. The van der Waals surface area contributed by atoms with Gasteiger partial charge in [-0.3, -0.25) is 4.79 Å². The van der Waals surface area contributed by atoms with Crippen LogP contribution in [0.2, 0.25) is 0 Å². The fraction of sp³-hybridized carbons (Fsp3) is 0.263. The molecule has 0 radical (unpaired) electrons. The van der Waals surface area contributed by atoms with Crippen molar-refractivity contribution in [3.63, 3.8) is 0 Å². The van der Waals surface area contributed by atoms with Crippen LogP contribution >= 0.6 is 0 Å². The number of hydrogen-bond donors (Lipinski definition) is 2. The highest BCUT2D eigenvalue weighted by atomic mass is 32.2. The summed E-state index contributed by atoms with van der Waals surface area (Å²) in [5.41, 5.74) is 0.871. The van der Waals surface area contributed by atoms with Gasteiger partial charge in [0.25, 0.3) is 5.91 Å². The lowest BCUT2D eigenvalue weighted by Crippen LogP contribution is -2.38. The minimum atomic E-state index is -3.11. The van der Waals surface area contributed by atoms with Crippen molar-refractivity contribution >= 4 is 33.1 Å². The van der Waals surface area contributed by atoms with E-state index in [0.717, 1.165) is 0 Å². The van der Waals surface area contributed by atoms with Gasteiger partial charge < -0.3 is 15.2 Å². The van der Waals surface area contributed by atoms with Gasteiger partial charge in [-0.25, -0.2) is 13.2 Å². The van der Waals surface area contributed by atoms with Crippen molar-refractivity contribution < 1.29 is 27.9 Å². The minimum absolute atomic E-state index is 0.0388. The molecular formula is C19H19N3O6S. The molecule has 152 valence electrons.